The van der Waals surface area contributed by atoms with Gasteiger partial charge in [0, 0.05) is 24.2 Å². The Balaban J connectivity index is 2.51. The average Bonchev–Trinajstić information content (AvgIpc) is 2.29. The van der Waals surface area contributed by atoms with E-state index < -0.39 is 10.0 Å². The van der Waals surface area contributed by atoms with Gasteiger partial charge in [-0.15, -0.1) is 6.58 Å². The topological polar surface area (TPSA) is 85.1 Å². The van der Waals surface area contributed by atoms with E-state index in [0.717, 1.165) is 5.75 Å². The number of nitrogen functional groups attached to an aromatic ring is 1. The smallest absolute Gasteiger partial charge is 0.242 e. The van der Waals surface area contributed by atoms with Crippen LogP contribution in [-0.4, -0.2) is 31.5 Å². The number of hydrogen-bond acceptors (Lipinski definition) is 5. The molecule has 0 aliphatic rings. The monoisotopic (exact) mass is 273 g/mol. The molecule has 1 heterocycles. The normalized spacial score (nSPS) is 11.3. The van der Waals surface area contributed by atoms with Crippen LogP contribution in [0.1, 0.15) is 0 Å². The van der Waals surface area contributed by atoms with Crippen LogP contribution in [-0.2, 0) is 10.0 Å². The number of rotatable bonds is 7. The van der Waals surface area contributed by atoms with Gasteiger partial charge in [0.05, 0.1) is 0 Å². The van der Waals surface area contributed by atoms with E-state index in [4.69, 9.17) is 5.73 Å². The van der Waals surface area contributed by atoms with Gasteiger partial charge in [-0.3, -0.25) is 0 Å². The van der Waals surface area contributed by atoms with Crippen LogP contribution in [0.15, 0.2) is 35.9 Å². The zero-order valence-electron chi connectivity index (χ0n) is 9.30. The lowest BCUT2D eigenvalue weighted by molar-refractivity contribution is 0.584. The Kier molecular flexibility index (Phi) is 5.46. The van der Waals surface area contributed by atoms with Crippen LogP contribution >= 0.6 is 11.8 Å². The first kappa shape index (κ1) is 14.0. The molecule has 0 saturated carbocycles. The van der Waals surface area contributed by atoms with E-state index in [1.54, 1.807) is 17.8 Å². The number of hydrogen-bond donors (Lipinski definition) is 2. The summed E-state index contributed by atoms with van der Waals surface area (Å²) in [4.78, 5) is 3.87. The molecule has 0 saturated heterocycles. The molecule has 0 unspecified atom stereocenters. The predicted octanol–water partition coefficient (Wildman–Crippen LogP) is 0.861. The first-order valence-corrected chi connectivity index (χ1v) is 7.60. The maximum atomic E-state index is 11.8. The van der Waals surface area contributed by atoms with E-state index in [1.807, 2.05) is 0 Å². The van der Waals surface area contributed by atoms with Crippen molar-refractivity contribution in [2.45, 2.75) is 4.90 Å². The quantitative estimate of drug-likeness (QED) is 0.568. The average molecular weight is 273 g/mol. The second kappa shape index (κ2) is 6.63. The molecule has 3 N–H and O–H groups in total. The molecule has 1 aromatic heterocycles. The van der Waals surface area contributed by atoms with Crippen LogP contribution in [0.2, 0.25) is 0 Å². The van der Waals surface area contributed by atoms with Gasteiger partial charge in [0.25, 0.3) is 0 Å². The van der Waals surface area contributed by atoms with E-state index in [-0.39, 0.29) is 4.90 Å². The van der Waals surface area contributed by atoms with Gasteiger partial charge in [-0.1, -0.05) is 6.08 Å². The summed E-state index contributed by atoms with van der Waals surface area (Å²) in [6, 6.07) is 2.89. The highest BCUT2D eigenvalue weighted by molar-refractivity contribution is 7.99. The largest absolute Gasteiger partial charge is 0.384 e. The Morgan fingerprint density at radius 2 is 2.29 bits per heavy atom. The SMILES string of the molecule is C=CCSCCNS(=O)(=O)c1ccc(N)nc1. The van der Waals surface area contributed by atoms with Crippen LogP contribution in [0.3, 0.4) is 0 Å². The van der Waals surface area contributed by atoms with Gasteiger partial charge in [-0.25, -0.2) is 18.1 Å². The van der Waals surface area contributed by atoms with E-state index >= 15 is 0 Å². The molecule has 0 amide bonds. The van der Waals surface area contributed by atoms with Gasteiger partial charge in [-0.2, -0.15) is 11.8 Å². The number of aromatic nitrogens is 1. The van der Waals surface area contributed by atoms with Crippen molar-refractivity contribution in [2.24, 2.45) is 0 Å². The summed E-state index contributed by atoms with van der Waals surface area (Å²) in [5.74, 6) is 1.81. The predicted molar refractivity (Wildman–Crippen MR) is 71.4 cm³/mol. The zero-order chi connectivity index (χ0) is 12.7. The van der Waals surface area contributed by atoms with Crippen molar-refractivity contribution in [3.05, 3.63) is 31.0 Å². The van der Waals surface area contributed by atoms with Crippen LogP contribution in [0.25, 0.3) is 0 Å². The molecule has 1 aromatic rings. The van der Waals surface area contributed by atoms with Crippen molar-refractivity contribution < 1.29 is 8.42 Å². The highest BCUT2D eigenvalue weighted by Gasteiger charge is 2.12. The number of thioether (sulfide) groups is 1. The molecular weight excluding hydrogens is 258 g/mol. The number of nitrogens with zero attached hydrogens (tertiary/aromatic N) is 1. The minimum absolute atomic E-state index is 0.125. The third kappa shape index (κ3) is 4.76. The van der Waals surface area contributed by atoms with Gasteiger partial charge in [0.1, 0.15) is 10.7 Å². The third-order valence-electron chi connectivity index (χ3n) is 1.84. The van der Waals surface area contributed by atoms with Gasteiger partial charge in [0.15, 0.2) is 0 Å². The Morgan fingerprint density at radius 1 is 1.53 bits per heavy atom. The second-order valence-corrected chi connectivity index (χ2v) is 6.10. The second-order valence-electron chi connectivity index (χ2n) is 3.18. The van der Waals surface area contributed by atoms with Gasteiger partial charge < -0.3 is 5.73 Å². The molecular formula is C10H15N3O2S2. The molecule has 17 heavy (non-hydrogen) atoms. The zero-order valence-corrected chi connectivity index (χ0v) is 10.9. The molecule has 7 heteroatoms. The fourth-order valence-electron chi connectivity index (χ4n) is 1.05. The minimum Gasteiger partial charge on any atom is -0.384 e. The van der Waals surface area contributed by atoms with Crippen LogP contribution in [0.4, 0.5) is 5.82 Å². The summed E-state index contributed by atoms with van der Waals surface area (Å²) in [6.07, 6.45) is 3.03. The summed E-state index contributed by atoms with van der Waals surface area (Å²) in [5.41, 5.74) is 5.39. The number of nitrogens with two attached hydrogens (primary N) is 1. The van der Waals surface area contributed by atoms with E-state index in [9.17, 15) is 8.42 Å². The van der Waals surface area contributed by atoms with E-state index in [1.165, 1.54) is 18.3 Å². The molecule has 0 radical (unpaired) electrons. The van der Waals surface area contributed by atoms with E-state index in [2.05, 4.69) is 16.3 Å². The molecule has 0 bridgehead atoms. The maximum absolute atomic E-state index is 11.8. The molecule has 0 aromatic carbocycles. The van der Waals surface area contributed by atoms with Gasteiger partial charge >= 0.3 is 0 Å². The van der Waals surface area contributed by atoms with Crippen molar-refractivity contribution in [1.82, 2.24) is 9.71 Å². The van der Waals surface area contributed by atoms with Crippen molar-refractivity contribution in [3.63, 3.8) is 0 Å². The van der Waals surface area contributed by atoms with Gasteiger partial charge in [-0.05, 0) is 12.1 Å². The summed E-state index contributed by atoms with van der Waals surface area (Å²) >= 11 is 1.61. The van der Waals surface area contributed by atoms with Crippen molar-refractivity contribution in [3.8, 4) is 0 Å². The van der Waals surface area contributed by atoms with Crippen molar-refractivity contribution in [2.75, 3.05) is 23.8 Å². The van der Waals surface area contributed by atoms with Crippen LogP contribution in [0.5, 0.6) is 0 Å². The fourth-order valence-corrected chi connectivity index (χ4v) is 2.73. The summed E-state index contributed by atoms with van der Waals surface area (Å²) < 4.78 is 26.0. The highest BCUT2D eigenvalue weighted by Crippen LogP contribution is 2.08. The molecule has 94 valence electrons. The Labute approximate surface area is 106 Å². The minimum atomic E-state index is -3.47. The molecule has 0 atom stereocenters. The lowest BCUT2D eigenvalue weighted by Crippen LogP contribution is -2.26. The summed E-state index contributed by atoms with van der Waals surface area (Å²) in [7, 11) is -3.47. The van der Waals surface area contributed by atoms with E-state index in [0.29, 0.717) is 18.1 Å². The van der Waals surface area contributed by atoms with Crippen molar-refractivity contribution >= 4 is 27.6 Å². The third-order valence-corrected chi connectivity index (χ3v) is 4.25. The lowest BCUT2D eigenvalue weighted by Gasteiger charge is -2.05. The number of nitrogens with one attached hydrogen (secondary N) is 1. The lowest BCUT2D eigenvalue weighted by atomic mass is 10.5. The molecule has 0 fully saturated rings. The highest BCUT2D eigenvalue weighted by atomic mass is 32.2. The first-order chi connectivity index (χ1) is 8.06. The molecule has 5 nitrogen and oxygen atoms in total. The fraction of sp³-hybridized carbons (Fsp3) is 0.300. The molecule has 1 rings (SSSR count). The first-order valence-electron chi connectivity index (χ1n) is 4.96. The van der Waals surface area contributed by atoms with Crippen LogP contribution in [0, 0.1) is 0 Å². The Morgan fingerprint density at radius 3 is 2.88 bits per heavy atom. The molecule has 0 spiro atoms. The maximum Gasteiger partial charge on any atom is 0.242 e. The Hall–Kier alpha value is -1.05. The van der Waals surface area contributed by atoms with Crippen LogP contribution < -0.4 is 10.5 Å². The van der Waals surface area contributed by atoms with Crippen molar-refractivity contribution in [1.29, 1.82) is 0 Å². The number of pyridine rings is 1. The number of sulfonamides is 1. The summed E-state index contributed by atoms with van der Waals surface area (Å²) in [6.45, 7) is 3.96. The molecule has 0 aliphatic carbocycles. The van der Waals surface area contributed by atoms with Gasteiger partial charge in [0.2, 0.25) is 10.0 Å². The molecule has 0 aliphatic heterocycles. The summed E-state index contributed by atoms with van der Waals surface area (Å²) in [5, 5.41) is 0. The number of anilines is 1. The Bertz CT molecular complexity index is 457. The standard InChI is InChI=1S/C10H15N3O2S2/c1-2-6-16-7-5-13-17(14,15)9-3-4-10(11)12-8-9/h2-4,8,13H,1,5-7H2,(H2,11,12).